The van der Waals surface area contributed by atoms with Crippen LogP contribution in [0.5, 0.6) is 0 Å². The Labute approximate surface area is 125 Å². The van der Waals surface area contributed by atoms with Crippen LogP contribution in [-0.2, 0) is 0 Å². The number of carbonyl (C=O) groups excluding carboxylic acids is 1. The van der Waals surface area contributed by atoms with Crippen molar-refractivity contribution in [3.63, 3.8) is 0 Å². The van der Waals surface area contributed by atoms with Gasteiger partial charge < -0.3 is 10.2 Å². The second kappa shape index (κ2) is 5.79. The molecule has 1 N–H and O–H groups in total. The van der Waals surface area contributed by atoms with Crippen LogP contribution in [0.4, 0.5) is 4.39 Å². The first kappa shape index (κ1) is 14.0. The van der Waals surface area contributed by atoms with Crippen molar-refractivity contribution in [3.05, 3.63) is 40.9 Å². The number of rotatable bonds is 2. The molecular weight excluding hydrogens is 297 g/mol. The summed E-state index contributed by atoms with van der Waals surface area (Å²) in [5.74, 6) is -0.796. The Balaban J connectivity index is 1.86. The first-order valence-electron chi connectivity index (χ1n) is 6.53. The molecule has 0 atom stereocenters. The summed E-state index contributed by atoms with van der Waals surface area (Å²) in [7, 11) is 0. The van der Waals surface area contributed by atoms with Crippen LogP contribution in [-0.4, -0.2) is 52.0 Å². The lowest BCUT2D eigenvalue weighted by atomic mass is 10.3. The van der Waals surface area contributed by atoms with E-state index in [0.29, 0.717) is 13.1 Å². The van der Waals surface area contributed by atoms with Crippen LogP contribution in [0.15, 0.2) is 24.4 Å². The summed E-state index contributed by atoms with van der Waals surface area (Å²) in [4.78, 5) is 14.0. The summed E-state index contributed by atoms with van der Waals surface area (Å²) in [6, 6.07) is 4.58. The molecule has 6 nitrogen and oxygen atoms in total. The number of hydrogen-bond donors (Lipinski definition) is 1. The Bertz CT molecular complexity index is 668. The lowest BCUT2D eigenvalue weighted by Crippen LogP contribution is -2.46. The molecule has 1 aromatic carbocycles. The fourth-order valence-electron chi connectivity index (χ4n) is 2.18. The lowest BCUT2D eigenvalue weighted by molar-refractivity contribution is 0.0730. The summed E-state index contributed by atoms with van der Waals surface area (Å²) in [5, 5.41) is 10.8. The Morgan fingerprint density at radius 1 is 1.33 bits per heavy atom. The van der Waals surface area contributed by atoms with Gasteiger partial charge >= 0.3 is 0 Å². The molecule has 8 heteroatoms. The largest absolute Gasteiger partial charge is 0.335 e. The molecule has 0 saturated carbocycles. The quantitative estimate of drug-likeness (QED) is 0.902. The van der Waals surface area contributed by atoms with Crippen molar-refractivity contribution in [1.82, 2.24) is 25.2 Å². The van der Waals surface area contributed by atoms with E-state index < -0.39 is 5.82 Å². The van der Waals surface area contributed by atoms with Crippen molar-refractivity contribution in [3.8, 4) is 5.69 Å². The SMILES string of the molecule is O=C(c1cn(-c2cccc(Cl)c2F)nn1)N1CCNCC1. The molecule has 110 valence electrons. The molecule has 1 aliphatic heterocycles. The zero-order chi connectivity index (χ0) is 14.8. The molecule has 2 aromatic rings. The van der Waals surface area contributed by atoms with E-state index in [1.807, 2.05) is 0 Å². The molecule has 1 amide bonds. The number of halogens is 2. The van der Waals surface area contributed by atoms with E-state index in [2.05, 4.69) is 15.6 Å². The predicted molar refractivity (Wildman–Crippen MR) is 75.1 cm³/mol. The fraction of sp³-hybridized carbons (Fsp3) is 0.308. The van der Waals surface area contributed by atoms with Crippen LogP contribution in [0.2, 0.25) is 5.02 Å². The zero-order valence-electron chi connectivity index (χ0n) is 11.1. The first-order valence-corrected chi connectivity index (χ1v) is 6.91. The Kier molecular flexibility index (Phi) is 3.85. The van der Waals surface area contributed by atoms with Gasteiger partial charge in [0.1, 0.15) is 5.69 Å². The number of hydrogen-bond acceptors (Lipinski definition) is 4. The van der Waals surface area contributed by atoms with Crippen LogP contribution in [0, 0.1) is 5.82 Å². The molecule has 0 unspecified atom stereocenters. The Morgan fingerprint density at radius 3 is 2.86 bits per heavy atom. The second-order valence-corrected chi connectivity index (χ2v) is 5.07. The monoisotopic (exact) mass is 309 g/mol. The van der Waals surface area contributed by atoms with Gasteiger partial charge in [-0.3, -0.25) is 4.79 Å². The van der Waals surface area contributed by atoms with Gasteiger partial charge in [-0.25, -0.2) is 9.07 Å². The van der Waals surface area contributed by atoms with Gasteiger partial charge in [-0.2, -0.15) is 0 Å². The van der Waals surface area contributed by atoms with Crippen molar-refractivity contribution >= 4 is 17.5 Å². The van der Waals surface area contributed by atoms with E-state index in [1.54, 1.807) is 11.0 Å². The summed E-state index contributed by atoms with van der Waals surface area (Å²) in [6.45, 7) is 2.75. The average Bonchev–Trinajstić information content (AvgIpc) is 3.00. The molecule has 1 fully saturated rings. The number of piperazine rings is 1. The average molecular weight is 310 g/mol. The van der Waals surface area contributed by atoms with E-state index in [-0.39, 0.29) is 22.3 Å². The smallest absolute Gasteiger partial charge is 0.276 e. The minimum absolute atomic E-state index is 0.00187. The van der Waals surface area contributed by atoms with Crippen LogP contribution in [0.3, 0.4) is 0 Å². The standard InChI is InChI=1S/C13H13ClFN5O/c14-9-2-1-3-11(12(9)15)20-8-10(17-18-20)13(21)19-6-4-16-5-7-19/h1-3,8,16H,4-7H2. The molecule has 0 radical (unpaired) electrons. The molecule has 0 spiro atoms. The van der Waals surface area contributed by atoms with Gasteiger partial charge in [-0.15, -0.1) is 5.10 Å². The molecule has 2 heterocycles. The van der Waals surface area contributed by atoms with E-state index in [1.165, 1.54) is 23.0 Å². The number of aromatic nitrogens is 3. The Hall–Kier alpha value is -1.99. The van der Waals surface area contributed by atoms with Crippen LogP contribution in [0.1, 0.15) is 10.5 Å². The van der Waals surface area contributed by atoms with Crippen molar-refractivity contribution in [1.29, 1.82) is 0 Å². The minimum Gasteiger partial charge on any atom is -0.335 e. The predicted octanol–water partition coefficient (Wildman–Crippen LogP) is 1.11. The third-order valence-electron chi connectivity index (χ3n) is 3.29. The summed E-state index contributed by atoms with van der Waals surface area (Å²) in [5.41, 5.74) is 0.352. The molecule has 0 aliphatic carbocycles. The van der Waals surface area contributed by atoms with Crippen LogP contribution < -0.4 is 5.32 Å². The van der Waals surface area contributed by atoms with E-state index in [0.717, 1.165) is 13.1 Å². The minimum atomic E-state index is -0.592. The summed E-state index contributed by atoms with van der Waals surface area (Å²) < 4.78 is 15.1. The highest BCUT2D eigenvalue weighted by Gasteiger charge is 2.21. The molecule has 3 rings (SSSR count). The lowest BCUT2D eigenvalue weighted by Gasteiger charge is -2.26. The number of nitrogens with zero attached hydrogens (tertiary/aromatic N) is 4. The number of amides is 1. The van der Waals surface area contributed by atoms with Crippen LogP contribution in [0.25, 0.3) is 5.69 Å². The molecule has 1 aromatic heterocycles. The summed E-state index contributed by atoms with van der Waals surface area (Å²) in [6.07, 6.45) is 1.42. The van der Waals surface area contributed by atoms with Gasteiger partial charge in [0.2, 0.25) is 0 Å². The maximum atomic E-state index is 13.9. The topological polar surface area (TPSA) is 63.1 Å². The second-order valence-electron chi connectivity index (χ2n) is 4.66. The normalized spacial score (nSPS) is 15.2. The number of nitrogens with one attached hydrogen (secondary N) is 1. The first-order chi connectivity index (χ1) is 10.2. The maximum absolute atomic E-state index is 13.9. The fourth-order valence-corrected chi connectivity index (χ4v) is 2.35. The summed E-state index contributed by atoms with van der Waals surface area (Å²) >= 11 is 5.74. The van der Waals surface area contributed by atoms with Gasteiger partial charge in [-0.1, -0.05) is 22.9 Å². The Morgan fingerprint density at radius 2 is 2.10 bits per heavy atom. The highest BCUT2D eigenvalue weighted by molar-refractivity contribution is 6.30. The highest BCUT2D eigenvalue weighted by atomic mass is 35.5. The molecule has 0 bridgehead atoms. The number of benzene rings is 1. The van der Waals surface area contributed by atoms with Crippen molar-refractivity contribution in [2.24, 2.45) is 0 Å². The third kappa shape index (κ3) is 2.74. The molecular formula is C13H13ClFN5O. The van der Waals surface area contributed by atoms with Gasteiger partial charge in [0.05, 0.1) is 11.2 Å². The molecule has 1 aliphatic rings. The van der Waals surface area contributed by atoms with Crippen molar-refractivity contribution in [2.75, 3.05) is 26.2 Å². The molecule has 1 saturated heterocycles. The van der Waals surface area contributed by atoms with Crippen molar-refractivity contribution in [2.45, 2.75) is 0 Å². The zero-order valence-corrected chi connectivity index (χ0v) is 11.8. The van der Waals surface area contributed by atoms with E-state index in [9.17, 15) is 9.18 Å². The van der Waals surface area contributed by atoms with E-state index >= 15 is 0 Å². The third-order valence-corrected chi connectivity index (χ3v) is 3.59. The van der Waals surface area contributed by atoms with Crippen molar-refractivity contribution < 1.29 is 9.18 Å². The van der Waals surface area contributed by atoms with Gasteiger partial charge in [0, 0.05) is 26.2 Å². The van der Waals surface area contributed by atoms with E-state index in [4.69, 9.17) is 11.6 Å². The van der Waals surface area contributed by atoms with Gasteiger partial charge in [0.15, 0.2) is 11.5 Å². The maximum Gasteiger partial charge on any atom is 0.276 e. The van der Waals surface area contributed by atoms with Gasteiger partial charge in [0.25, 0.3) is 5.91 Å². The molecule has 21 heavy (non-hydrogen) atoms. The highest BCUT2D eigenvalue weighted by Crippen LogP contribution is 2.20. The number of carbonyl (C=O) groups is 1. The van der Waals surface area contributed by atoms with Gasteiger partial charge in [-0.05, 0) is 12.1 Å². The van der Waals surface area contributed by atoms with Crippen LogP contribution >= 0.6 is 11.6 Å².